The Balaban J connectivity index is 1.56. The van der Waals surface area contributed by atoms with Crippen LogP contribution in [0.5, 0.6) is 0 Å². The first kappa shape index (κ1) is 13.9. The highest BCUT2D eigenvalue weighted by Crippen LogP contribution is 2.34. The number of β-amino-alcohol motifs (C(OH)–C–C–N with tert-alkyl or cyclic N) is 1. The van der Waals surface area contributed by atoms with Gasteiger partial charge in [-0.25, -0.2) is 4.68 Å². The SMILES string of the molecule is C[C@H](O)CN1CCN(Cc2nnnn2C2CC2)C[C@H]1C. The monoisotopic (exact) mass is 280 g/mol. The van der Waals surface area contributed by atoms with Gasteiger partial charge in [-0.15, -0.1) is 5.10 Å². The van der Waals surface area contributed by atoms with Crippen LogP contribution in [-0.2, 0) is 6.54 Å². The van der Waals surface area contributed by atoms with Gasteiger partial charge in [0, 0.05) is 32.2 Å². The summed E-state index contributed by atoms with van der Waals surface area (Å²) in [5.74, 6) is 0.990. The Morgan fingerprint density at radius 1 is 1.35 bits per heavy atom. The first-order valence-corrected chi connectivity index (χ1v) is 7.54. The van der Waals surface area contributed by atoms with Crippen LogP contribution in [0.25, 0.3) is 0 Å². The van der Waals surface area contributed by atoms with E-state index >= 15 is 0 Å². The zero-order valence-corrected chi connectivity index (χ0v) is 12.3. The number of tetrazole rings is 1. The summed E-state index contributed by atoms with van der Waals surface area (Å²) < 4.78 is 1.99. The van der Waals surface area contributed by atoms with E-state index in [9.17, 15) is 5.11 Å². The summed E-state index contributed by atoms with van der Waals surface area (Å²) >= 11 is 0. The molecule has 0 amide bonds. The van der Waals surface area contributed by atoms with Crippen LogP contribution in [0.15, 0.2) is 0 Å². The average Bonchev–Trinajstić information content (AvgIpc) is 3.13. The quantitative estimate of drug-likeness (QED) is 0.812. The number of piperazine rings is 1. The Morgan fingerprint density at radius 3 is 2.80 bits per heavy atom. The van der Waals surface area contributed by atoms with Gasteiger partial charge in [-0.2, -0.15) is 0 Å². The first-order chi connectivity index (χ1) is 9.63. The Morgan fingerprint density at radius 2 is 2.15 bits per heavy atom. The highest BCUT2D eigenvalue weighted by molar-refractivity contribution is 4.92. The van der Waals surface area contributed by atoms with Crippen LogP contribution in [0.3, 0.4) is 0 Å². The molecule has 1 aromatic heterocycles. The van der Waals surface area contributed by atoms with Gasteiger partial charge in [0.05, 0.1) is 18.7 Å². The number of nitrogens with zero attached hydrogens (tertiary/aromatic N) is 6. The number of aliphatic hydroxyl groups is 1. The van der Waals surface area contributed by atoms with Crippen molar-refractivity contribution in [3.8, 4) is 0 Å². The lowest BCUT2D eigenvalue weighted by molar-refractivity contribution is 0.0408. The molecule has 0 unspecified atom stereocenters. The number of hydrogen-bond donors (Lipinski definition) is 1. The van der Waals surface area contributed by atoms with Crippen molar-refractivity contribution in [1.29, 1.82) is 0 Å². The van der Waals surface area contributed by atoms with Crippen molar-refractivity contribution in [3.05, 3.63) is 5.82 Å². The molecule has 1 N–H and O–H groups in total. The topological polar surface area (TPSA) is 70.3 Å². The zero-order chi connectivity index (χ0) is 14.1. The molecule has 0 spiro atoms. The summed E-state index contributed by atoms with van der Waals surface area (Å²) in [4.78, 5) is 4.76. The summed E-state index contributed by atoms with van der Waals surface area (Å²) in [6.45, 7) is 8.67. The van der Waals surface area contributed by atoms with Crippen molar-refractivity contribution >= 4 is 0 Å². The molecule has 7 nitrogen and oxygen atoms in total. The van der Waals surface area contributed by atoms with Crippen LogP contribution in [-0.4, -0.2) is 73.4 Å². The molecule has 2 fully saturated rings. The summed E-state index contributed by atoms with van der Waals surface area (Å²) in [7, 11) is 0. The van der Waals surface area contributed by atoms with Crippen LogP contribution in [0.1, 0.15) is 38.6 Å². The van der Waals surface area contributed by atoms with Gasteiger partial charge < -0.3 is 5.11 Å². The number of aliphatic hydroxyl groups excluding tert-OH is 1. The van der Waals surface area contributed by atoms with Crippen LogP contribution >= 0.6 is 0 Å². The van der Waals surface area contributed by atoms with Crippen LogP contribution in [0.4, 0.5) is 0 Å². The van der Waals surface area contributed by atoms with E-state index in [-0.39, 0.29) is 6.10 Å². The molecule has 0 radical (unpaired) electrons. The minimum absolute atomic E-state index is 0.258. The molecule has 1 saturated carbocycles. The van der Waals surface area contributed by atoms with Gasteiger partial charge in [0.15, 0.2) is 5.82 Å². The third kappa shape index (κ3) is 3.16. The Hall–Kier alpha value is -1.05. The maximum atomic E-state index is 9.51. The lowest BCUT2D eigenvalue weighted by atomic mass is 10.1. The molecule has 1 aliphatic carbocycles. The molecule has 1 aliphatic heterocycles. The summed E-state index contributed by atoms with van der Waals surface area (Å²) in [6.07, 6.45) is 2.15. The van der Waals surface area contributed by atoms with E-state index in [1.165, 1.54) is 12.8 Å². The normalized spacial score (nSPS) is 26.9. The van der Waals surface area contributed by atoms with Crippen molar-refractivity contribution in [1.82, 2.24) is 30.0 Å². The highest BCUT2D eigenvalue weighted by atomic mass is 16.3. The maximum Gasteiger partial charge on any atom is 0.165 e. The van der Waals surface area contributed by atoms with Gasteiger partial charge in [-0.3, -0.25) is 9.80 Å². The molecule has 3 rings (SSSR count). The fraction of sp³-hybridized carbons (Fsp3) is 0.923. The summed E-state index contributed by atoms with van der Waals surface area (Å²) in [6, 6.07) is 0.998. The second-order valence-corrected chi connectivity index (χ2v) is 6.20. The molecule has 0 aromatic carbocycles. The summed E-state index contributed by atoms with van der Waals surface area (Å²) in [5.41, 5.74) is 0. The highest BCUT2D eigenvalue weighted by Gasteiger charge is 2.30. The van der Waals surface area contributed by atoms with E-state index in [2.05, 4.69) is 32.2 Å². The molecular formula is C13H24N6O. The van der Waals surface area contributed by atoms with E-state index in [0.717, 1.165) is 38.5 Å². The second kappa shape index (κ2) is 5.75. The minimum atomic E-state index is -0.258. The summed E-state index contributed by atoms with van der Waals surface area (Å²) in [5, 5.41) is 21.6. The zero-order valence-electron chi connectivity index (χ0n) is 12.3. The van der Waals surface area contributed by atoms with E-state index in [1.807, 2.05) is 11.6 Å². The van der Waals surface area contributed by atoms with Crippen molar-refractivity contribution in [2.45, 2.75) is 51.4 Å². The van der Waals surface area contributed by atoms with Crippen LogP contribution in [0.2, 0.25) is 0 Å². The van der Waals surface area contributed by atoms with Crippen LogP contribution < -0.4 is 0 Å². The number of aromatic nitrogens is 4. The van der Waals surface area contributed by atoms with Gasteiger partial charge >= 0.3 is 0 Å². The molecule has 2 aliphatic rings. The lowest BCUT2D eigenvalue weighted by Gasteiger charge is -2.40. The van der Waals surface area contributed by atoms with Crippen LogP contribution in [0, 0.1) is 0 Å². The first-order valence-electron chi connectivity index (χ1n) is 7.54. The van der Waals surface area contributed by atoms with E-state index in [0.29, 0.717) is 12.1 Å². The third-order valence-corrected chi connectivity index (χ3v) is 4.17. The largest absolute Gasteiger partial charge is 0.392 e. The van der Waals surface area contributed by atoms with Crippen molar-refractivity contribution < 1.29 is 5.11 Å². The van der Waals surface area contributed by atoms with Crippen molar-refractivity contribution in [2.75, 3.05) is 26.2 Å². The predicted molar refractivity (Wildman–Crippen MR) is 74.1 cm³/mol. The lowest BCUT2D eigenvalue weighted by Crippen LogP contribution is -2.53. The van der Waals surface area contributed by atoms with Gasteiger partial charge in [0.2, 0.25) is 0 Å². The molecule has 2 atom stereocenters. The van der Waals surface area contributed by atoms with Gasteiger partial charge in [0.25, 0.3) is 0 Å². The third-order valence-electron chi connectivity index (χ3n) is 4.17. The van der Waals surface area contributed by atoms with Crippen molar-refractivity contribution in [2.24, 2.45) is 0 Å². The van der Waals surface area contributed by atoms with Gasteiger partial charge in [-0.05, 0) is 37.1 Å². The molecule has 112 valence electrons. The standard InChI is InChI=1S/C13H24N6O/c1-10-7-17(5-6-18(10)8-11(2)20)9-13-14-15-16-19(13)12-3-4-12/h10-12,20H,3-9H2,1-2H3/t10-,11+/m1/s1. The second-order valence-electron chi connectivity index (χ2n) is 6.20. The minimum Gasteiger partial charge on any atom is -0.392 e. The molecule has 20 heavy (non-hydrogen) atoms. The average molecular weight is 280 g/mol. The Bertz CT molecular complexity index is 444. The van der Waals surface area contributed by atoms with E-state index < -0.39 is 0 Å². The molecule has 2 heterocycles. The smallest absolute Gasteiger partial charge is 0.165 e. The molecule has 7 heteroatoms. The molecule has 1 aromatic rings. The predicted octanol–water partition coefficient (Wildman–Crippen LogP) is -0.105. The van der Waals surface area contributed by atoms with Gasteiger partial charge in [-0.1, -0.05) is 0 Å². The Kier molecular flexibility index (Phi) is 4.00. The van der Waals surface area contributed by atoms with Crippen molar-refractivity contribution in [3.63, 3.8) is 0 Å². The molecule has 1 saturated heterocycles. The molecular weight excluding hydrogens is 256 g/mol. The maximum absolute atomic E-state index is 9.51. The number of rotatable bonds is 5. The van der Waals surface area contributed by atoms with Gasteiger partial charge in [0.1, 0.15) is 0 Å². The number of hydrogen-bond acceptors (Lipinski definition) is 6. The van der Waals surface area contributed by atoms with E-state index in [4.69, 9.17) is 0 Å². The molecule has 0 bridgehead atoms. The Labute approximate surface area is 119 Å². The van der Waals surface area contributed by atoms with E-state index in [1.54, 1.807) is 0 Å². The fourth-order valence-corrected chi connectivity index (χ4v) is 2.94. The fourth-order valence-electron chi connectivity index (χ4n) is 2.94.